The molecular formula is C18H16. The molecule has 0 fully saturated rings. The lowest BCUT2D eigenvalue weighted by atomic mass is 10.0. The summed E-state index contributed by atoms with van der Waals surface area (Å²) < 4.78 is 0. The fraction of sp³-hybridized carbons (Fsp3) is 0.111. The van der Waals surface area contributed by atoms with Gasteiger partial charge in [-0.05, 0) is 35.1 Å². The van der Waals surface area contributed by atoms with Crippen LogP contribution in [0.1, 0.15) is 23.1 Å². The van der Waals surface area contributed by atoms with Crippen LogP contribution in [0.2, 0.25) is 0 Å². The summed E-state index contributed by atoms with van der Waals surface area (Å²) in [7, 11) is 0. The SMILES string of the molecule is C(=Cc1ccccc1)CC1=CCc2ccccc21. The van der Waals surface area contributed by atoms with Gasteiger partial charge in [0.25, 0.3) is 0 Å². The molecule has 0 aliphatic heterocycles. The first-order chi connectivity index (χ1) is 8.93. The highest BCUT2D eigenvalue weighted by atomic mass is 14.2. The van der Waals surface area contributed by atoms with Crippen LogP contribution in [0.25, 0.3) is 11.6 Å². The van der Waals surface area contributed by atoms with E-state index in [0.717, 1.165) is 12.8 Å². The van der Waals surface area contributed by atoms with Crippen molar-refractivity contribution in [2.45, 2.75) is 12.8 Å². The monoisotopic (exact) mass is 232 g/mol. The van der Waals surface area contributed by atoms with Gasteiger partial charge in [-0.2, -0.15) is 0 Å². The van der Waals surface area contributed by atoms with Gasteiger partial charge in [-0.1, -0.05) is 72.8 Å². The summed E-state index contributed by atoms with van der Waals surface area (Å²) in [6.07, 6.45) is 8.90. The summed E-state index contributed by atoms with van der Waals surface area (Å²) >= 11 is 0. The van der Waals surface area contributed by atoms with E-state index in [1.807, 2.05) is 6.07 Å². The maximum absolute atomic E-state index is 2.35. The minimum Gasteiger partial charge on any atom is -0.0795 e. The molecule has 0 spiro atoms. The number of fused-ring (bicyclic) bond motifs is 1. The largest absolute Gasteiger partial charge is 0.0795 e. The second-order valence-electron chi connectivity index (χ2n) is 4.61. The predicted octanol–water partition coefficient (Wildman–Crippen LogP) is 4.73. The zero-order valence-corrected chi connectivity index (χ0v) is 10.3. The molecule has 2 aromatic rings. The van der Waals surface area contributed by atoms with Crippen molar-refractivity contribution in [1.82, 2.24) is 0 Å². The third kappa shape index (κ3) is 2.28. The van der Waals surface area contributed by atoms with Crippen LogP contribution in [-0.4, -0.2) is 0 Å². The van der Waals surface area contributed by atoms with Gasteiger partial charge in [0.2, 0.25) is 0 Å². The highest BCUT2D eigenvalue weighted by Crippen LogP contribution is 2.29. The number of rotatable bonds is 3. The standard InChI is InChI=1S/C18H16/c1-2-7-15(8-3-1)9-6-11-17-14-13-16-10-4-5-12-18(16)17/h1-10,12,14H,11,13H2. The van der Waals surface area contributed by atoms with Crippen molar-refractivity contribution in [2.75, 3.05) is 0 Å². The van der Waals surface area contributed by atoms with Crippen molar-refractivity contribution in [3.05, 3.63) is 83.4 Å². The van der Waals surface area contributed by atoms with E-state index in [1.165, 1.54) is 22.3 Å². The lowest BCUT2D eigenvalue weighted by Gasteiger charge is -2.02. The van der Waals surface area contributed by atoms with Crippen molar-refractivity contribution < 1.29 is 0 Å². The molecule has 88 valence electrons. The Bertz CT molecular complexity index is 588. The number of hydrogen-bond donors (Lipinski definition) is 0. The lowest BCUT2D eigenvalue weighted by Crippen LogP contribution is -1.82. The van der Waals surface area contributed by atoms with Crippen LogP contribution in [0.4, 0.5) is 0 Å². The Morgan fingerprint density at radius 1 is 0.889 bits per heavy atom. The van der Waals surface area contributed by atoms with E-state index in [4.69, 9.17) is 0 Å². The maximum atomic E-state index is 2.35. The number of hydrogen-bond acceptors (Lipinski definition) is 0. The predicted molar refractivity (Wildman–Crippen MR) is 78.2 cm³/mol. The smallest absolute Gasteiger partial charge is 0.00853 e. The van der Waals surface area contributed by atoms with Gasteiger partial charge in [-0.15, -0.1) is 0 Å². The molecule has 2 aromatic carbocycles. The summed E-state index contributed by atoms with van der Waals surface area (Å²) in [5.74, 6) is 0. The first kappa shape index (κ1) is 11.0. The molecule has 0 atom stereocenters. The average Bonchev–Trinajstić information content (AvgIpc) is 2.84. The summed E-state index contributed by atoms with van der Waals surface area (Å²) in [6.45, 7) is 0. The molecule has 0 radical (unpaired) electrons. The molecule has 0 saturated carbocycles. The fourth-order valence-corrected chi connectivity index (χ4v) is 2.43. The Hall–Kier alpha value is -2.08. The molecule has 0 amide bonds. The van der Waals surface area contributed by atoms with Gasteiger partial charge >= 0.3 is 0 Å². The Labute approximate surface area is 108 Å². The highest BCUT2D eigenvalue weighted by Gasteiger charge is 2.10. The van der Waals surface area contributed by atoms with E-state index in [-0.39, 0.29) is 0 Å². The molecule has 0 saturated heterocycles. The van der Waals surface area contributed by atoms with E-state index in [2.05, 4.69) is 66.8 Å². The van der Waals surface area contributed by atoms with Crippen LogP contribution < -0.4 is 0 Å². The molecular weight excluding hydrogens is 216 g/mol. The maximum Gasteiger partial charge on any atom is -0.00853 e. The van der Waals surface area contributed by atoms with Crippen LogP contribution in [0.5, 0.6) is 0 Å². The van der Waals surface area contributed by atoms with Crippen molar-refractivity contribution in [1.29, 1.82) is 0 Å². The molecule has 0 unspecified atom stereocenters. The minimum atomic E-state index is 1.02. The van der Waals surface area contributed by atoms with Crippen LogP contribution >= 0.6 is 0 Å². The summed E-state index contributed by atoms with van der Waals surface area (Å²) in [6, 6.07) is 19.2. The third-order valence-electron chi connectivity index (χ3n) is 3.38. The quantitative estimate of drug-likeness (QED) is 0.717. The van der Waals surface area contributed by atoms with Crippen LogP contribution in [-0.2, 0) is 6.42 Å². The topological polar surface area (TPSA) is 0 Å². The zero-order chi connectivity index (χ0) is 12.2. The van der Waals surface area contributed by atoms with Crippen molar-refractivity contribution in [3.8, 4) is 0 Å². The molecule has 0 nitrogen and oxygen atoms in total. The van der Waals surface area contributed by atoms with Crippen molar-refractivity contribution >= 4 is 11.6 Å². The van der Waals surface area contributed by atoms with E-state index < -0.39 is 0 Å². The first-order valence-electron chi connectivity index (χ1n) is 6.42. The molecule has 0 heteroatoms. The summed E-state index contributed by atoms with van der Waals surface area (Å²) in [5.41, 5.74) is 5.61. The van der Waals surface area contributed by atoms with Crippen LogP contribution in [0, 0.1) is 0 Å². The molecule has 1 aliphatic rings. The van der Waals surface area contributed by atoms with Crippen LogP contribution in [0.15, 0.2) is 66.7 Å². The molecule has 0 heterocycles. The second-order valence-corrected chi connectivity index (χ2v) is 4.61. The minimum absolute atomic E-state index is 1.02. The normalized spacial score (nSPS) is 13.7. The van der Waals surface area contributed by atoms with E-state index in [9.17, 15) is 0 Å². The molecule has 3 rings (SSSR count). The highest BCUT2D eigenvalue weighted by molar-refractivity contribution is 5.74. The molecule has 0 bridgehead atoms. The van der Waals surface area contributed by atoms with E-state index >= 15 is 0 Å². The van der Waals surface area contributed by atoms with Gasteiger partial charge in [0.15, 0.2) is 0 Å². The van der Waals surface area contributed by atoms with E-state index in [1.54, 1.807) is 0 Å². The van der Waals surface area contributed by atoms with Crippen LogP contribution in [0.3, 0.4) is 0 Å². The average molecular weight is 232 g/mol. The Balaban J connectivity index is 1.71. The number of benzene rings is 2. The Morgan fingerprint density at radius 3 is 2.56 bits per heavy atom. The third-order valence-corrected chi connectivity index (χ3v) is 3.38. The Morgan fingerprint density at radius 2 is 1.67 bits per heavy atom. The van der Waals surface area contributed by atoms with Gasteiger partial charge in [-0.3, -0.25) is 0 Å². The van der Waals surface area contributed by atoms with Crippen molar-refractivity contribution in [3.63, 3.8) is 0 Å². The van der Waals surface area contributed by atoms with E-state index in [0.29, 0.717) is 0 Å². The first-order valence-corrected chi connectivity index (χ1v) is 6.42. The van der Waals surface area contributed by atoms with Gasteiger partial charge in [0, 0.05) is 0 Å². The number of allylic oxidation sites excluding steroid dienone is 3. The Kier molecular flexibility index (Phi) is 3.10. The second kappa shape index (κ2) is 5.05. The summed E-state index contributed by atoms with van der Waals surface area (Å²) in [5, 5.41) is 0. The fourth-order valence-electron chi connectivity index (χ4n) is 2.43. The zero-order valence-electron chi connectivity index (χ0n) is 10.3. The van der Waals surface area contributed by atoms with Crippen molar-refractivity contribution in [2.24, 2.45) is 0 Å². The van der Waals surface area contributed by atoms with Gasteiger partial charge in [0.05, 0.1) is 0 Å². The lowest BCUT2D eigenvalue weighted by molar-refractivity contribution is 1.31. The molecule has 1 aliphatic carbocycles. The molecule has 0 N–H and O–H groups in total. The van der Waals surface area contributed by atoms with Gasteiger partial charge < -0.3 is 0 Å². The molecule has 0 aromatic heterocycles. The molecule has 18 heavy (non-hydrogen) atoms. The summed E-state index contributed by atoms with van der Waals surface area (Å²) in [4.78, 5) is 0. The van der Waals surface area contributed by atoms with Gasteiger partial charge in [0.1, 0.15) is 0 Å². The van der Waals surface area contributed by atoms with Gasteiger partial charge in [-0.25, -0.2) is 0 Å².